The SMILES string of the molecule is CCOC(=O)CC1(c2cccc(OC)c2OC)C=CCCC1C1COC(=O)N1C. The topological polar surface area (TPSA) is 74.3 Å². The molecule has 2 aliphatic rings. The van der Waals surface area contributed by atoms with Crippen LogP contribution in [-0.4, -0.2) is 57.5 Å². The summed E-state index contributed by atoms with van der Waals surface area (Å²) in [5.74, 6) is 0.845. The van der Waals surface area contributed by atoms with E-state index < -0.39 is 5.41 Å². The first-order chi connectivity index (χ1) is 14.0. The molecule has 1 aliphatic carbocycles. The normalized spacial score (nSPS) is 26.2. The van der Waals surface area contributed by atoms with E-state index in [4.69, 9.17) is 18.9 Å². The first-order valence-corrected chi connectivity index (χ1v) is 9.92. The van der Waals surface area contributed by atoms with E-state index in [1.165, 1.54) is 0 Å². The van der Waals surface area contributed by atoms with Crippen LogP contribution in [0.1, 0.15) is 31.7 Å². The summed E-state index contributed by atoms with van der Waals surface area (Å²) in [4.78, 5) is 26.4. The molecule has 29 heavy (non-hydrogen) atoms. The summed E-state index contributed by atoms with van der Waals surface area (Å²) < 4.78 is 21.9. The van der Waals surface area contributed by atoms with Crippen molar-refractivity contribution in [1.82, 2.24) is 4.90 Å². The lowest BCUT2D eigenvalue weighted by atomic mass is 9.61. The van der Waals surface area contributed by atoms with Crippen LogP contribution < -0.4 is 9.47 Å². The maximum atomic E-state index is 12.7. The summed E-state index contributed by atoms with van der Waals surface area (Å²) >= 11 is 0. The van der Waals surface area contributed by atoms with Gasteiger partial charge < -0.3 is 23.8 Å². The smallest absolute Gasteiger partial charge is 0.409 e. The maximum absolute atomic E-state index is 12.7. The van der Waals surface area contributed by atoms with Crippen LogP contribution in [0.15, 0.2) is 30.4 Å². The first-order valence-electron chi connectivity index (χ1n) is 9.92. The lowest BCUT2D eigenvalue weighted by Gasteiger charge is -2.45. The van der Waals surface area contributed by atoms with E-state index in [0.717, 1.165) is 18.4 Å². The van der Waals surface area contributed by atoms with E-state index in [-0.39, 0.29) is 30.4 Å². The number of allylic oxidation sites excluding steroid dienone is 2. The fourth-order valence-electron chi connectivity index (χ4n) is 4.66. The molecule has 3 rings (SSSR count). The van der Waals surface area contributed by atoms with Crippen molar-refractivity contribution in [3.8, 4) is 11.5 Å². The van der Waals surface area contributed by atoms with Crippen LogP contribution in [0.25, 0.3) is 0 Å². The number of nitrogens with zero attached hydrogens (tertiary/aromatic N) is 1. The minimum atomic E-state index is -0.711. The van der Waals surface area contributed by atoms with E-state index in [1.54, 1.807) is 33.1 Å². The van der Waals surface area contributed by atoms with Crippen molar-refractivity contribution in [2.75, 3.05) is 34.5 Å². The predicted octanol–water partition coefficient (Wildman–Crippen LogP) is 3.31. The number of hydrogen-bond donors (Lipinski definition) is 0. The summed E-state index contributed by atoms with van der Waals surface area (Å²) in [6.45, 7) is 2.40. The molecule has 0 radical (unpaired) electrons. The van der Waals surface area contributed by atoms with Crippen molar-refractivity contribution in [3.05, 3.63) is 35.9 Å². The van der Waals surface area contributed by atoms with Gasteiger partial charge >= 0.3 is 12.1 Å². The fraction of sp³-hybridized carbons (Fsp3) is 0.545. The third-order valence-corrected chi connectivity index (χ3v) is 6.00. The van der Waals surface area contributed by atoms with Crippen LogP contribution >= 0.6 is 0 Å². The summed E-state index contributed by atoms with van der Waals surface area (Å²) in [6.07, 6.45) is 5.64. The Morgan fingerprint density at radius 1 is 1.31 bits per heavy atom. The van der Waals surface area contributed by atoms with Crippen molar-refractivity contribution in [1.29, 1.82) is 0 Å². The second-order valence-electron chi connectivity index (χ2n) is 7.40. The van der Waals surface area contributed by atoms with E-state index in [2.05, 4.69) is 12.2 Å². The number of methoxy groups -OCH3 is 2. The van der Waals surface area contributed by atoms with Gasteiger partial charge in [0, 0.05) is 18.0 Å². The molecule has 0 bridgehead atoms. The second kappa shape index (κ2) is 8.76. The molecule has 1 aromatic carbocycles. The van der Waals surface area contributed by atoms with Crippen LogP contribution in [0.3, 0.4) is 0 Å². The molecule has 1 aromatic rings. The number of cyclic esters (lactones) is 1. The highest BCUT2D eigenvalue weighted by Crippen LogP contribution is 2.51. The zero-order valence-corrected chi connectivity index (χ0v) is 17.5. The minimum absolute atomic E-state index is 0.0469. The number of likely N-dealkylation sites (N-methyl/N-ethyl adjacent to an activating group) is 1. The van der Waals surface area contributed by atoms with Crippen LogP contribution in [0.5, 0.6) is 11.5 Å². The van der Waals surface area contributed by atoms with Gasteiger partial charge in [0.15, 0.2) is 11.5 Å². The Bertz CT molecular complexity index is 792. The zero-order chi connectivity index (χ0) is 21.0. The predicted molar refractivity (Wildman–Crippen MR) is 107 cm³/mol. The van der Waals surface area contributed by atoms with Crippen LogP contribution in [0.4, 0.5) is 4.79 Å². The minimum Gasteiger partial charge on any atom is -0.493 e. The summed E-state index contributed by atoms with van der Waals surface area (Å²) in [5.41, 5.74) is 0.137. The highest BCUT2D eigenvalue weighted by atomic mass is 16.6. The molecule has 1 heterocycles. The number of amides is 1. The molecule has 7 heteroatoms. The Hall–Kier alpha value is -2.70. The number of rotatable bonds is 7. The molecule has 158 valence electrons. The molecular weight excluding hydrogens is 374 g/mol. The van der Waals surface area contributed by atoms with Crippen molar-refractivity contribution in [3.63, 3.8) is 0 Å². The summed E-state index contributed by atoms with van der Waals surface area (Å²) in [6, 6.07) is 5.53. The Labute approximate surface area is 171 Å². The number of carbonyl (C=O) groups excluding carboxylic acids is 2. The maximum Gasteiger partial charge on any atom is 0.409 e. The average molecular weight is 403 g/mol. The molecule has 1 amide bonds. The Kier molecular flexibility index (Phi) is 6.35. The van der Waals surface area contributed by atoms with Gasteiger partial charge in [0.2, 0.25) is 0 Å². The van der Waals surface area contributed by atoms with Gasteiger partial charge in [0.05, 0.1) is 33.3 Å². The third kappa shape index (κ3) is 3.78. The fourth-order valence-corrected chi connectivity index (χ4v) is 4.66. The average Bonchev–Trinajstić information content (AvgIpc) is 3.06. The second-order valence-corrected chi connectivity index (χ2v) is 7.40. The summed E-state index contributed by atoms with van der Waals surface area (Å²) in [5, 5.41) is 0. The monoisotopic (exact) mass is 403 g/mol. The highest BCUT2D eigenvalue weighted by molar-refractivity contribution is 5.74. The number of carbonyl (C=O) groups is 2. The Morgan fingerprint density at radius 2 is 2.10 bits per heavy atom. The number of esters is 1. The van der Waals surface area contributed by atoms with Gasteiger partial charge in [-0.2, -0.15) is 0 Å². The van der Waals surface area contributed by atoms with Crippen LogP contribution in [-0.2, 0) is 19.7 Å². The van der Waals surface area contributed by atoms with E-state index in [9.17, 15) is 9.59 Å². The Balaban J connectivity index is 2.17. The Morgan fingerprint density at radius 3 is 2.72 bits per heavy atom. The highest BCUT2D eigenvalue weighted by Gasteiger charge is 2.51. The van der Waals surface area contributed by atoms with Gasteiger partial charge in [-0.15, -0.1) is 0 Å². The zero-order valence-electron chi connectivity index (χ0n) is 17.5. The van der Waals surface area contributed by atoms with Gasteiger partial charge in [-0.25, -0.2) is 4.79 Å². The number of hydrogen-bond acceptors (Lipinski definition) is 6. The molecular formula is C22H29NO6. The lowest BCUT2D eigenvalue weighted by molar-refractivity contribution is -0.145. The van der Waals surface area contributed by atoms with Crippen molar-refractivity contribution in [2.45, 2.75) is 37.6 Å². The van der Waals surface area contributed by atoms with E-state index in [1.807, 2.05) is 18.2 Å². The molecule has 1 fully saturated rings. The standard InChI is InChI=1S/C22H29NO6/c1-5-28-19(24)13-22(16-10-8-11-18(26-3)20(16)27-4)12-7-6-9-15(22)17-14-29-21(25)23(17)2/h7-8,10-12,15,17H,5-6,9,13-14H2,1-4H3. The van der Waals surface area contributed by atoms with Crippen LogP contribution in [0, 0.1) is 5.92 Å². The molecule has 0 N–H and O–H groups in total. The molecule has 0 aromatic heterocycles. The van der Waals surface area contributed by atoms with Crippen molar-refractivity contribution in [2.24, 2.45) is 5.92 Å². The van der Waals surface area contributed by atoms with Gasteiger partial charge in [0.1, 0.15) is 6.61 Å². The van der Waals surface area contributed by atoms with E-state index >= 15 is 0 Å². The third-order valence-electron chi connectivity index (χ3n) is 6.00. The van der Waals surface area contributed by atoms with Gasteiger partial charge in [-0.1, -0.05) is 24.3 Å². The number of benzene rings is 1. The number of para-hydroxylation sites is 1. The molecule has 3 unspecified atom stereocenters. The molecule has 0 saturated carbocycles. The van der Waals surface area contributed by atoms with Crippen molar-refractivity contribution < 1.29 is 28.5 Å². The molecule has 7 nitrogen and oxygen atoms in total. The molecule has 1 saturated heterocycles. The van der Waals surface area contributed by atoms with E-state index in [0.29, 0.717) is 24.7 Å². The first kappa shape index (κ1) is 21.0. The molecule has 0 spiro atoms. The molecule has 3 atom stereocenters. The van der Waals surface area contributed by atoms with Crippen molar-refractivity contribution >= 4 is 12.1 Å². The lowest BCUT2D eigenvalue weighted by Crippen LogP contribution is -2.49. The molecule has 1 aliphatic heterocycles. The van der Waals surface area contributed by atoms with Crippen LogP contribution in [0.2, 0.25) is 0 Å². The quantitative estimate of drug-likeness (QED) is 0.514. The van der Waals surface area contributed by atoms with Gasteiger partial charge in [-0.3, -0.25) is 4.79 Å². The largest absolute Gasteiger partial charge is 0.493 e. The number of ether oxygens (including phenoxy) is 4. The van der Waals surface area contributed by atoms with Gasteiger partial charge in [0.25, 0.3) is 0 Å². The summed E-state index contributed by atoms with van der Waals surface area (Å²) in [7, 11) is 4.93. The van der Waals surface area contributed by atoms with Gasteiger partial charge in [-0.05, 0) is 31.7 Å².